The number of imide groups is 1. The number of likely N-dealkylation sites (N-methyl/N-ethyl adjacent to an activating group) is 1. The van der Waals surface area contributed by atoms with Crippen molar-refractivity contribution in [3.63, 3.8) is 0 Å². The molecule has 2 amide bonds. The van der Waals surface area contributed by atoms with Gasteiger partial charge in [-0.1, -0.05) is 0 Å². The lowest BCUT2D eigenvalue weighted by Gasteiger charge is -2.35. The fourth-order valence-corrected chi connectivity index (χ4v) is 3.94. The van der Waals surface area contributed by atoms with E-state index in [1.165, 1.54) is 4.90 Å². The third-order valence-corrected chi connectivity index (χ3v) is 5.59. The van der Waals surface area contributed by atoms with Crippen LogP contribution in [0.2, 0.25) is 0 Å². The molecule has 140 valence electrons. The number of benzene rings is 1. The minimum atomic E-state index is -0.310. The van der Waals surface area contributed by atoms with Gasteiger partial charge in [-0.2, -0.15) is 0 Å². The van der Waals surface area contributed by atoms with Crippen LogP contribution in [-0.2, 0) is 14.3 Å². The van der Waals surface area contributed by atoms with Crippen LogP contribution in [0.25, 0.3) is 0 Å². The number of hydrogen-bond donors (Lipinski definition) is 0. The molecule has 3 heterocycles. The van der Waals surface area contributed by atoms with Gasteiger partial charge < -0.3 is 14.5 Å². The van der Waals surface area contributed by atoms with Gasteiger partial charge in [0.2, 0.25) is 5.91 Å². The molecule has 4 rings (SSSR count). The topological polar surface area (TPSA) is 56.3 Å². The summed E-state index contributed by atoms with van der Waals surface area (Å²) in [6.45, 7) is 6.75. The lowest BCUT2D eigenvalue weighted by molar-refractivity contribution is -0.123. The normalized spacial score (nSPS) is 26.0. The molecule has 0 bridgehead atoms. The van der Waals surface area contributed by atoms with Gasteiger partial charge in [0.15, 0.2) is 0 Å². The van der Waals surface area contributed by atoms with Crippen LogP contribution in [0.15, 0.2) is 24.3 Å². The van der Waals surface area contributed by atoms with Crippen LogP contribution in [0, 0.1) is 0 Å². The largest absolute Gasteiger partial charge is 0.378 e. The second-order valence-electron chi connectivity index (χ2n) is 7.24. The molecule has 1 aromatic carbocycles. The van der Waals surface area contributed by atoms with E-state index in [-0.39, 0.29) is 24.3 Å². The quantitative estimate of drug-likeness (QED) is 0.730. The number of anilines is 2. The van der Waals surface area contributed by atoms with Crippen molar-refractivity contribution >= 4 is 23.2 Å². The molecule has 7 nitrogen and oxygen atoms in total. The highest BCUT2D eigenvalue weighted by Gasteiger charge is 2.43. The Morgan fingerprint density at radius 1 is 0.885 bits per heavy atom. The third kappa shape index (κ3) is 3.34. The van der Waals surface area contributed by atoms with E-state index >= 15 is 0 Å². The Bertz CT molecular complexity index is 664. The summed E-state index contributed by atoms with van der Waals surface area (Å²) in [5, 5.41) is 0. The number of carbonyl (C=O) groups excluding carboxylic acids is 2. The summed E-state index contributed by atoms with van der Waals surface area (Å²) in [6, 6.07) is 7.43. The summed E-state index contributed by atoms with van der Waals surface area (Å²) in [5.41, 5.74) is 1.78. The van der Waals surface area contributed by atoms with E-state index in [1.54, 1.807) is 0 Å². The van der Waals surface area contributed by atoms with Crippen molar-refractivity contribution in [3.8, 4) is 0 Å². The van der Waals surface area contributed by atoms with Gasteiger partial charge in [-0.25, -0.2) is 4.90 Å². The SMILES string of the molecule is CN1CCN([C@H]2CC(=O)N(c3ccc(N4CCOCC4)cc3)C2=O)CC1. The van der Waals surface area contributed by atoms with Gasteiger partial charge in [-0.05, 0) is 31.3 Å². The van der Waals surface area contributed by atoms with Crippen LogP contribution in [0.5, 0.6) is 0 Å². The van der Waals surface area contributed by atoms with Crippen LogP contribution < -0.4 is 9.80 Å². The first-order chi connectivity index (χ1) is 12.6. The van der Waals surface area contributed by atoms with Crippen molar-refractivity contribution < 1.29 is 14.3 Å². The second kappa shape index (κ2) is 7.34. The lowest BCUT2D eigenvalue weighted by atomic mass is 10.2. The second-order valence-corrected chi connectivity index (χ2v) is 7.24. The van der Waals surface area contributed by atoms with Crippen LogP contribution in [0.3, 0.4) is 0 Å². The van der Waals surface area contributed by atoms with Crippen molar-refractivity contribution in [2.75, 3.05) is 69.3 Å². The van der Waals surface area contributed by atoms with E-state index < -0.39 is 0 Å². The van der Waals surface area contributed by atoms with Gasteiger partial charge in [0, 0.05) is 45.0 Å². The van der Waals surface area contributed by atoms with E-state index in [4.69, 9.17) is 4.74 Å². The highest BCUT2D eigenvalue weighted by atomic mass is 16.5. The smallest absolute Gasteiger partial charge is 0.251 e. The minimum absolute atomic E-state index is 0.0846. The molecule has 3 aliphatic rings. The van der Waals surface area contributed by atoms with E-state index in [1.807, 2.05) is 24.3 Å². The van der Waals surface area contributed by atoms with Gasteiger partial charge >= 0.3 is 0 Å². The van der Waals surface area contributed by atoms with Crippen molar-refractivity contribution in [1.29, 1.82) is 0 Å². The molecule has 1 aromatic rings. The van der Waals surface area contributed by atoms with Crippen LogP contribution >= 0.6 is 0 Å². The molecule has 0 radical (unpaired) electrons. The van der Waals surface area contributed by atoms with E-state index in [9.17, 15) is 9.59 Å². The van der Waals surface area contributed by atoms with Crippen molar-refractivity contribution in [2.45, 2.75) is 12.5 Å². The zero-order chi connectivity index (χ0) is 18.1. The Kier molecular flexibility index (Phi) is 4.93. The molecule has 3 fully saturated rings. The van der Waals surface area contributed by atoms with E-state index in [0.717, 1.165) is 58.2 Å². The summed E-state index contributed by atoms with van der Waals surface area (Å²) in [5.74, 6) is -0.184. The van der Waals surface area contributed by atoms with E-state index in [0.29, 0.717) is 5.69 Å². The predicted molar refractivity (Wildman–Crippen MR) is 99.4 cm³/mol. The Morgan fingerprint density at radius 2 is 1.50 bits per heavy atom. The number of hydrogen-bond acceptors (Lipinski definition) is 6. The molecular formula is C19H26N4O3. The molecule has 7 heteroatoms. The first-order valence-corrected chi connectivity index (χ1v) is 9.35. The monoisotopic (exact) mass is 358 g/mol. The Morgan fingerprint density at radius 3 is 2.15 bits per heavy atom. The predicted octanol–water partition coefficient (Wildman–Crippen LogP) is 0.403. The van der Waals surface area contributed by atoms with Gasteiger partial charge in [0.1, 0.15) is 0 Å². The summed E-state index contributed by atoms with van der Waals surface area (Å²) in [4.78, 5) is 33.5. The summed E-state index contributed by atoms with van der Waals surface area (Å²) < 4.78 is 5.38. The van der Waals surface area contributed by atoms with Crippen LogP contribution in [0.4, 0.5) is 11.4 Å². The number of amides is 2. The highest BCUT2D eigenvalue weighted by Crippen LogP contribution is 2.28. The lowest BCUT2D eigenvalue weighted by Crippen LogP contribution is -2.51. The Hall–Kier alpha value is -1.96. The molecule has 0 aliphatic carbocycles. The maximum Gasteiger partial charge on any atom is 0.251 e. The van der Waals surface area contributed by atoms with Gasteiger partial charge in [-0.15, -0.1) is 0 Å². The van der Waals surface area contributed by atoms with E-state index in [2.05, 4.69) is 21.7 Å². The Balaban J connectivity index is 1.46. The van der Waals surface area contributed by atoms with Crippen molar-refractivity contribution in [2.24, 2.45) is 0 Å². The highest BCUT2D eigenvalue weighted by molar-refractivity contribution is 6.22. The number of piperazine rings is 1. The van der Waals surface area contributed by atoms with Crippen molar-refractivity contribution in [3.05, 3.63) is 24.3 Å². The molecule has 26 heavy (non-hydrogen) atoms. The zero-order valence-electron chi connectivity index (χ0n) is 15.3. The van der Waals surface area contributed by atoms with Crippen LogP contribution in [-0.4, -0.2) is 87.2 Å². The van der Waals surface area contributed by atoms with Gasteiger partial charge in [0.05, 0.1) is 31.4 Å². The fraction of sp³-hybridized carbons (Fsp3) is 0.579. The number of carbonyl (C=O) groups is 2. The van der Waals surface area contributed by atoms with Gasteiger partial charge in [0.25, 0.3) is 5.91 Å². The molecule has 0 N–H and O–H groups in total. The maximum atomic E-state index is 12.9. The molecule has 0 spiro atoms. The molecule has 1 atom stereocenters. The summed E-state index contributed by atoms with van der Waals surface area (Å²) >= 11 is 0. The number of nitrogens with zero attached hydrogens (tertiary/aromatic N) is 4. The number of ether oxygens (including phenoxy) is 1. The number of rotatable bonds is 3. The molecule has 3 aliphatic heterocycles. The molecule has 0 saturated carbocycles. The van der Waals surface area contributed by atoms with Crippen LogP contribution in [0.1, 0.15) is 6.42 Å². The zero-order valence-corrected chi connectivity index (χ0v) is 15.3. The fourth-order valence-electron chi connectivity index (χ4n) is 3.94. The van der Waals surface area contributed by atoms with Gasteiger partial charge in [-0.3, -0.25) is 14.5 Å². The average Bonchev–Trinajstić information content (AvgIpc) is 2.97. The van der Waals surface area contributed by atoms with Crippen molar-refractivity contribution in [1.82, 2.24) is 9.80 Å². The summed E-state index contributed by atoms with van der Waals surface area (Å²) in [7, 11) is 2.08. The molecule has 0 unspecified atom stereocenters. The first kappa shape index (κ1) is 17.5. The summed E-state index contributed by atoms with van der Waals surface area (Å²) in [6.07, 6.45) is 0.285. The molecule has 3 saturated heterocycles. The molecular weight excluding hydrogens is 332 g/mol. The average molecular weight is 358 g/mol. The Labute approximate surface area is 154 Å². The minimum Gasteiger partial charge on any atom is -0.378 e. The third-order valence-electron chi connectivity index (χ3n) is 5.59. The molecule has 0 aromatic heterocycles. The number of morpholine rings is 1. The standard InChI is InChI=1S/C19H26N4O3/c1-20-6-8-22(9-7-20)17-14-18(24)23(19(17)25)16-4-2-15(3-5-16)21-10-12-26-13-11-21/h2-5,17H,6-14H2,1H3/t17-/m0/s1. The maximum absolute atomic E-state index is 12.9. The first-order valence-electron chi connectivity index (χ1n) is 9.35.